The molecule has 2 aliphatic rings. The number of pyridine rings is 1. The van der Waals surface area contributed by atoms with Crippen molar-refractivity contribution in [2.45, 2.75) is 57.0 Å². The Bertz CT molecular complexity index is 605. The Morgan fingerprint density at radius 2 is 2.00 bits per heavy atom. The maximum atomic E-state index is 12.6. The number of anilines is 2. The first-order valence-corrected chi connectivity index (χ1v) is 9.84. The molecule has 2 atom stereocenters. The predicted octanol–water partition coefficient (Wildman–Crippen LogP) is 2.46. The maximum Gasteiger partial charge on any atom is 0.230 e. The molecule has 6 nitrogen and oxygen atoms in total. The van der Waals surface area contributed by atoms with Crippen molar-refractivity contribution in [1.29, 1.82) is 0 Å². The van der Waals surface area contributed by atoms with E-state index in [0.29, 0.717) is 11.9 Å². The fourth-order valence-electron chi connectivity index (χ4n) is 4.29. The lowest BCUT2D eigenvalue weighted by atomic mass is 9.74. The zero-order valence-corrected chi connectivity index (χ0v) is 16.4. The molecule has 1 amide bonds. The van der Waals surface area contributed by atoms with Gasteiger partial charge in [-0.05, 0) is 58.8 Å². The number of carbonyl (C=O) groups is 1. The smallest absolute Gasteiger partial charge is 0.230 e. The number of aromatic nitrogens is 1. The molecular formula is C20H33N5O. The van der Waals surface area contributed by atoms with Crippen molar-refractivity contribution in [3.63, 3.8) is 0 Å². The van der Waals surface area contributed by atoms with Gasteiger partial charge in [0.1, 0.15) is 5.82 Å². The van der Waals surface area contributed by atoms with Crippen molar-refractivity contribution in [1.82, 2.24) is 9.88 Å². The second kappa shape index (κ2) is 7.92. The number of hydrogen-bond acceptors (Lipinski definition) is 5. The highest BCUT2D eigenvalue weighted by molar-refractivity contribution is 5.92. The van der Waals surface area contributed by atoms with E-state index >= 15 is 0 Å². The number of nitrogens with two attached hydrogens (primary N) is 1. The van der Waals surface area contributed by atoms with Crippen molar-refractivity contribution >= 4 is 17.4 Å². The van der Waals surface area contributed by atoms with Gasteiger partial charge in [-0.2, -0.15) is 0 Å². The molecule has 1 saturated heterocycles. The summed E-state index contributed by atoms with van der Waals surface area (Å²) in [5, 5.41) is 2.96. The first-order chi connectivity index (χ1) is 12.4. The fourth-order valence-corrected chi connectivity index (χ4v) is 4.29. The van der Waals surface area contributed by atoms with E-state index in [4.69, 9.17) is 5.73 Å². The molecule has 3 N–H and O–H groups in total. The SMILES string of the molecule is CN(C)C1CCN(c2ccc(NC(=O)C3CCCCC3(C)N)nc2)CC1. The molecule has 2 unspecified atom stereocenters. The van der Waals surface area contributed by atoms with Gasteiger partial charge >= 0.3 is 0 Å². The summed E-state index contributed by atoms with van der Waals surface area (Å²) >= 11 is 0. The van der Waals surface area contributed by atoms with Crippen LogP contribution >= 0.6 is 0 Å². The van der Waals surface area contributed by atoms with Crippen LogP contribution in [0.1, 0.15) is 45.4 Å². The van der Waals surface area contributed by atoms with Gasteiger partial charge in [0.05, 0.1) is 17.8 Å². The molecule has 6 heteroatoms. The summed E-state index contributed by atoms with van der Waals surface area (Å²) in [4.78, 5) is 21.8. The Balaban J connectivity index is 1.57. The Morgan fingerprint density at radius 1 is 1.27 bits per heavy atom. The zero-order valence-electron chi connectivity index (χ0n) is 16.4. The topological polar surface area (TPSA) is 74.5 Å². The van der Waals surface area contributed by atoms with Gasteiger partial charge in [0.15, 0.2) is 0 Å². The second-order valence-electron chi connectivity index (χ2n) is 8.38. The first kappa shape index (κ1) is 19.1. The quantitative estimate of drug-likeness (QED) is 0.864. The number of amides is 1. The van der Waals surface area contributed by atoms with Crippen molar-refractivity contribution in [2.24, 2.45) is 11.7 Å². The highest BCUT2D eigenvalue weighted by Gasteiger charge is 2.37. The van der Waals surface area contributed by atoms with Gasteiger partial charge in [0.25, 0.3) is 0 Å². The van der Waals surface area contributed by atoms with E-state index in [2.05, 4.69) is 40.3 Å². The predicted molar refractivity (Wildman–Crippen MR) is 106 cm³/mol. The molecule has 0 bridgehead atoms. The van der Waals surface area contributed by atoms with Crippen LogP contribution in [0.4, 0.5) is 11.5 Å². The zero-order chi connectivity index (χ0) is 18.7. The number of rotatable bonds is 4. The van der Waals surface area contributed by atoms with Gasteiger partial charge in [-0.1, -0.05) is 12.8 Å². The molecule has 1 aromatic rings. The highest BCUT2D eigenvalue weighted by atomic mass is 16.2. The number of nitrogens with zero attached hydrogens (tertiary/aromatic N) is 3. The van der Waals surface area contributed by atoms with Crippen molar-refractivity contribution in [3.8, 4) is 0 Å². The summed E-state index contributed by atoms with van der Waals surface area (Å²) in [6, 6.07) is 4.63. The number of nitrogens with one attached hydrogen (secondary N) is 1. The Hall–Kier alpha value is -1.66. The highest BCUT2D eigenvalue weighted by Crippen LogP contribution is 2.32. The standard InChI is InChI=1S/C20H33N5O/c1-20(21)11-5-4-6-17(20)19(26)23-18-8-7-16(14-22-18)25-12-9-15(10-13-25)24(2)3/h7-8,14-15,17H,4-6,9-13,21H2,1-3H3,(H,22,23,26). The molecule has 3 rings (SSSR count). The minimum absolute atomic E-state index is 0.00162. The van der Waals surface area contributed by atoms with E-state index in [0.717, 1.165) is 44.5 Å². The van der Waals surface area contributed by atoms with Gasteiger partial charge in [-0.15, -0.1) is 0 Å². The van der Waals surface area contributed by atoms with Gasteiger partial charge < -0.3 is 20.9 Å². The molecular weight excluding hydrogens is 326 g/mol. The van der Waals surface area contributed by atoms with Crippen LogP contribution in [0, 0.1) is 5.92 Å². The van der Waals surface area contributed by atoms with Crippen LogP contribution in [0.5, 0.6) is 0 Å². The van der Waals surface area contributed by atoms with Crippen molar-refractivity contribution in [2.75, 3.05) is 37.4 Å². The van der Waals surface area contributed by atoms with E-state index in [1.807, 2.05) is 19.2 Å². The summed E-state index contributed by atoms with van der Waals surface area (Å²) in [7, 11) is 4.30. The van der Waals surface area contributed by atoms with Gasteiger partial charge in [0, 0.05) is 24.7 Å². The lowest BCUT2D eigenvalue weighted by Crippen LogP contribution is -2.51. The largest absolute Gasteiger partial charge is 0.370 e. The molecule has 2 heterocycles. The second-order valence-corrected chi connectivity index (χ2v) is 8.38. The summed E-state index contributed by atoms with van der Waals surface area (Å²) in [5.41, 5.74) is 7.05. The molecule has 0 radical (unpaired) electrons. The Kier molecular flexibility index (Phi) is 5.82. The normalized spacial score (nSPS) is 27.6. The average Bonchev–Trinajstić information content (AvgIpc) is 2.62. The number of carbonyl (C=O) groups excluding carboxylic acids is 1. The molecule has 26 heavy (non-hydrogen) atoms. The third-order valence-electron chi connectivity index (χ3n) is 6.13. The van der Waals surface area contributed by atoms with E-state index in [1.165, 1.54) is 12.8 Å². The van der Waals surface area contributed by atoms with Crippen LogP contribution in [-0.2, 0) is 4.79 Å². The van der Waals surface area contributed by atoms with E-state index < -0.39 is 5.54 Å². The molecule has 0 spiro atoms. The van der Waals surface area contributed by atoms with Gasteiger partial charge in [-0.25, -0.2) is 4.98 Å². The molecule has 1 aromatic heterocycles. The molecule has 1 saturated carbocycles. The molecule has 144 valence electrons. The lowest BCUT2D eigenvalue weighted by Gasteiger charge is -2.37. The minimum Gasteiger partial charge on any atom is -0.370 e. The van der Waals surface area contributed by atoms with Crippen LogP contribution < -0.4 is 16.0 Å². The Labute approximate surface area is 157 Å². The lowest BCUT2D eigenvalue weighted by molar-refractivity contribution is -0.122. The van der Waals surface area contributed by atoms with E-state index in [-0.39, 0.29) is 11.8 Å². The third-order valence-corrected chi connectivity index (χ3v) is 6.13. The summed E-state index contributed by atoms with van der Waals surface area (Å²) in [5.74, 6) is 0.479. The van der Waals surface area contributed by atoms with Gasteiger partial charge in [0.2, 0.25) is 5.91 Å². The molecule has 1 aliphatic heterocycles. The van der Waals surface area contributed by atoms with Gasteiger partial charge in [-0.3, -0.25) is 4.79 Å². The molecule has 0 aromatic carbocycles. The van der Waals surface area contributed by atoms with Crippen LogP contribution in [0.3, 0.4) is 0 Å². The molecule has 2 fully saturated rings. The summed E-state index contributed by atoms with van der Waals surface area (Å²) < 4.78 is 0. The third kappa shape index (κ3) is 4.35. The summed E-state index contributed by atoms with van der Waals surface area (Å²) in [6.45, 7) is 4.08. The summed E-state index contributed by atoms with van der Waals surface area (Å²) in [6.07, 6.45) is 8.14. The van der Waals surface area contributed by atoms with Crippen LogP contribution in [0.15, 0.2) is 18.3 Å². The monoisotopic (exact) mass is 359 g/mol. The van der Waals surface area contributed by atoms with Crippen molar-refractivity contribution < 1.29 is 4.79 Å². The number of piperidine rings is 1. The first-order valence-electron chi connectivity index (χ1n) is 9.84. The van der Waals surface area contributed by atoms with E-state index in [1.54, 1.807) is 0 Å². The minimum atomic E-state index is -0.418. The number of hydrogen-bond donors (Lipinski definition) is 2. The maximum absolute atomic E-state index is 12.6. The van der Waals surface area contributed by atoms with Crippen LogP contribution in [0.25, 0.3) is 0 Å². The molecule has 1 aliphatic carbocycles. The fraction of sp³-hybridized carbons (Fsp3) is 0.700. The van der Waals surface area contributed by atoms with Crippen LogP contribution in [-0.4, -0.2) is 54.6 Å². The van der Waals surface area contributed by atoms with E-state index in [9.17, 15) is 4.79 Å². The van der Waals surface area contributed by atoms with Crippen LogP contribution in [0.2, 0.25) is 0 Å². The Morgan fingerprint density at radius 3 is 2.58 bits per heavy atom. The average molecular weight is 360 g/mol. The van der Waals surface area contributed by atoms with Crippen molar-refractivity contribution in [3.05, 3.63) is 18.3 Å².